The zero-order valence-electron chi connectivity index (χ0n) is 24.6. The van der Waals surface area contributed by atoms with Crippen LogP contribution in [-0.2, 0) is 23.9 Å². The van der Waals surface area contributed by atoms with Crippen LogP contribution in [0.1, 0.15) is 26.2 Å². The van der Waals surface area contributed by atoms with E-state index in [1.807, 2.05) is 37.3 Å². The molecule has 4 aliphatic rings. The van der Waals surface area contributed by atoms with Gasteiger partial charge in [-0.05, 0) is 31.4 Å². The first-order valence-corrected chi connectivity index (χ1v) is 15.2. The molecule has 2 bridgehead atoms. The van der Waals surface area contributed by atoms with Crippen LogP contribution in [0.4, 0.5) is 5.69 Å². The van der Waals surface area contributed by atoms with E-state index in [0.29, 0.717) is 52.1 Å². The largest absolute Gasteiger partial charge is 0.394 e. The van der Waals surface area contributed by atoms with Crippen LogP contribution in [-0.4, -0.2) is 120 Å². The number of para-hydroxylation sites is 1. The smallest absolute Gasteiger partial charge is 0.248 e. The molecule has 4 heterocycles. The van der Waals surface area contributed by atoms with Crippen LogP contribution in [0.5, 0.6) is 0 Å². The number of aliphatic hydroxyl groups is 1. The molecule has 4 fully saturated rings. The fourth-order valence-electron chi connectivity index (χ4n) is 7.41. The van der Waals surface area contributed by atoms with Crippen molar-refractivity contribution < 1.29 is 29.0 Å². The van der Waals surface area contributed by atoms with Gasteiger partial charge in [-0.2, -0.15) is 0 Å². The average molecular weight is 581 g/mol. The predicted molar refractivity (Wildman–Crippen MR) is 159 cm³/mol. The fourth-order valence-corrected chi connectivity index (χ4v) is 7.41. The highest BCUT2D eigenvalue weighted by Gasteiger charge is 2.75. The third kappa shape index (κ3) is 5.30. The Balaban J connectivity index is 1.49. The summed E-state index contributed by atoms with van der Waals surface area (Å²) in [6, 6.07) is 7.86. The summed E-state index contributed by atoms with van der Waals surface area (Å²) in [7, 11) is 0. The minimum absolute atomic E-state index is 0.202. The van der Waals surface area contributed by atoms with Gasteiger partial charge in [-0.15, -0.1) is 13.2 Å². The number of amides is 3. The summed E-state index contributed by atoms with van der Waals surface area (Å²) in [4.78, 5) is 50.4. The highest BCUT2D eigenvalue weighted by atomic mass is 16.5. The van der Waals surface area contributed by atoms with Crippen molar-refractivity contribution in [1.82, 2.24) is 14.7 Å². The molecular formula is C32H44N4O6. The molecule has 1 spiro atoms. The molecule has 5 rings (SSSR count). The first kappa shape index (κ1) is 30.4. The van der Waals surface area contributed by atoms with Crippen molar-refractivity contribution in [3.05, 3.63) is 55.6 Å². The number of hydrogen-bond acceptors (Lipinski definition) is 7. The molecule has 4 saturated heterocycles. The summed E-state index contributed by atoms with van der Waals surface area (Å²) >= 11 is 0. The quantitative estimate of drug-likeness (QED) is 0.355. The molecule has 6 atom stereocenters. The topological polar surface area (TPSA) is 103 Å². The summed E-state index contributed by atoms with van der Waals surface area (Å²) in [5.41, 5.74) is -0.410. The third-order valence-corrected chi connectivity index (χ3v) is 9.43. The number of morpholine rings is 1. The minimum atomic E-state index is -1.13. The number of carbonyl (C=O) groups excluding carboxylic acids is 3. The number of ether oxygens (including phenoxy) is 2. The van der Waals surface area contributed by atoms with Crippen molar-refractivity contribution >= 4 is 23.4 Å². The van der Waals surface area contributed by atoms with Crippen molar-refractivity contribution in [2.75, 3.05) is 64.0 Å². The fraction of sp³-hybridized carbons (Fsp3) is 0.594. The van der Waals surface area contributed by atoms with Crippen LogP contribution in [0.25, 0.3) is 0 Å². The first-order valence-electron chi connectivity index (χ1n) is 15.2. The maximum Gasteiger partial charge on any atom is 0.248 e. The predicted octanol–water partition coefficient (Wildman–Crippen LogP) is 1.70. The lowest BCUT2D eigenvalue weighted by Crippen LogP contribution is -2.59. The third-order valence-electron chi connectivity index (χ3n) is 9.43. The Bertz CT molecular complexity index is 1150. The summed E-state index contributed by atoms with van der Waals surface area (Å²) in [5.74, 6) is -2.24. The minimum Gasteiger partial charge on any atom is -0.394 e. The normalized spacial score (nSPS) is 29.3. The van der Waals surface area contributed by atoms with Crippen molar-refractivity contribution in [2.24, 2.45) is 11.8 Å². The summed E-state index contributed by atoms with van der Waals surface area (Å²) in [6.07, 6.45) is 4.46. The van der Waals surface area contributed by atoms with Crippen molar-refractivity contribution in [3.63, 3.8) is 0 Å². The summed E-state index contributed by atoms with van der Waals surface area (Å²) in [5, 5.41) is 10.4. The van der Waals surface area contributed by atoms with Gasteiger partial charge in [0.05, 0.1) is 43.8 Å². The van der Waals surface area contributed by atoms with E-state index in [1.54, 1.807) is 26.9 Å². The molecule has 1 aromatic rings. The lowest BCUT2D eigenvalue weighted by atomic mass is 9.70. The van der Waals surface area contributed by atoms with Crippen molar-refractivity contribution in [1.29, 1.82) is 0 Å². The number of likely N-dealkylation sites (tertiary alicyclic amines) is 1. The van der Waals surface area contributed by atoms with Crippen LogP contribution in [0, 0.1) is 11.8 Å². The van der Waals surface area contributed by atoms with Crippen LogP contribution >= 0.6 is 0 Å². The van der Waals surface area contributed by atoms with Crippen LogP contribution in [0.15, 0.2) is 55.6 Å². The molecule has 228 valence electrons. The zero-order valence-corrected chi connectivity index (χ0v) is 24.6. The van der Waals surface area contributed by atoms with E-state index >= 15 is 0 Å². The number of aliphatic hydroxyl groups excluding tert-OH is 1. The van der Waals surface area contributed by atoms with Gasteiger partial charge < -0.3 is 29.3 Å². The molecule has 0 radical (unpaired) electrons. The van der Waals surface area contributed by atoms with Gasteiger partial charge >= 0.3 is 0 Å². The van der Waals surface area contributed by atoms with Gasteiger partial charge in [-0.1, -0.05) is 37.3 Å². The van der Waals surface area contributed by atoms with Gasteiger partial charge in [-0.25, -0.2) is 0 Å². The summed E-state index contributed by atoms with van der Waals surface area (Å²) in [6.45, 7) is 14.0. The highest BCUT2D eigenvalue weighted by molar-refractivity contribution is 6.03. The standard InChI is InChI=1S/C32H44N4O6/c1-4-14-34(17-16-33-18-20-41-21-19-33)31(40)28-32-13-12-25(42-32)26(27(32)30(39)36(28)23(6-3)22-37)29(38)35(15-5-2)24-10-8-7-9-11-24/h4-5,7-11,23,25-28,37H,1-2,6,12-22H2,3H3/t23-,25+,26-,27-,28?,32?/m0/s1. The molecule has 0 aliphatic carbocycles. The van der Waals surface area contributed by atoms with E-state index in [0.717, 1.165) is 18.8 Å². The summed E-state index contributed by atoms with van der Waals surface area (Å²) < 4.78 is 12.1. The maximum absolute atomic E-state index is 14.5. The van der Waals surface area contributed by atoms with Gasteiger partial charge in [0.2, 0.25) is 17.7 Å². The van der Waals surface area contributed by atoms with Gasteiger partial charge in [0.15, 0.2) is 0 Å². The number of nitrogens with zero attached hydrogens (tertiary/aromatic N) is 4. The van der Waals surface area contributed by atoms with Gasteiger partial charge in [-0.3, -0.25) is 19.3 Å². The number of benzene rings is 1. The number of rotatable bonds is 13. The molecular weight excluding hydrogens is 536 g/mol. The van der Waals surface area contributed by atoms with Crippen LogP contribution < -0.4 is 4.90 Å². The molecule has 42 heavy (non-hydrogen) atoms. The Kier molecular flexibility index (Phi) is 9.47. The molecule has 10 heteroatoms. The molecule has 1 N–H and O–H groups in total. The van der Waals surface area contributed by atoms with E-state index in [2.05, 4.69) is 18.1 Å². The molecule has 0 saturated carbocycles. The average Bonchev–Trinajstić information content (AvgIpc) is 3.67. The Morgan fingerprint density at radius 3 is 2.50 bits per heavy atom. The van der Waals surface area contributed by atoms with Crippen molar-refractivity contribution in [3.8, 4) is 0 Å². The van der Waals surface area contributed by atoms with Crippen molar-refractivity contribution in [2.45, 2.75) is 50.0 Å². The van der Waals surface area contributed by atoms with E-state index in [4.69, 9.17) is 9.47 Å². The van der Waals surface area contributed by atoms with Crippen LogP contribution in [0.3, 0.4) is 0 Å². The molecule has 10 nitrogen and oxygen atoms in total. The van der Waals surface area contributed by atoms with Gasteiger partial charge in [0.1, 0.15) is 11.6 Å². The second-order valence-corrected chi connectivity index (χ2v) is 11.6. The maximum atomic E-state index is 14.5. The highest BCUT2D eigenvalue weighted by Crippen LogP contribution is 2.59. The first-order chi connectivity index (χ1) is 20.4. The lowest BCUT2D eigenvalue weighted by molar-refractivity contribution is -0.151. The molecule has 4 aliphatic heterocycles. The van der Waals surface area contributed by atoms with E-state index < -0.39 is 35.6 Å². The Labute approximate surface area is 248 Å². The lowest BCUT2D eigenvalue weighted by Gasteiger charge is -2.39. The second kappa shape index (κ2) is 13.1. The number of hydrogen-bond donors (Lipinski definition) is 1. The number of anilines is 1. The molecule has 2 unspecified atom stereocenters. The molecule has 3 amide bonds. The molecule has 0 aromatic heterocycles. The van der Waals surface area contributed by atoms with E-state index in [-0.39, 0.29) is 30.9 Å². The zero-order chi connectivity index (χ0) is 29.9. The SMILES string of the molecule is C=CCN(CCN1CCOCC1)C(=O)C1N([C@@H](CC)CO)C(=O)[C@@H]2[C@@H](C(=O)N(CC=C)c3ccccc3)[C@H]3CCC12O3. The second-order valence-electron chi connectivity index (χ2n) is 11.6. The number of fused-ring (bicyclic) bond motifs is 1. The van der Waals surface area contributed by atoms with Crippen LogP contribution in [0.2, 0.25) is 0 Å². The monoisotopic (exact) mass is 580 g/mol. The van der Waals surface area contributed by atoms with Gasteiger partial charge in [0, 0.05) is 45.0 Å². The number of carbonyl (C=O) groups is 3. The Morgan fingerprint density at radius 1 is 1.14 bits per heavy atom. The molecule has 1 aromatic carbocycles. The van der Waals surface area contributed by atoms with E-state index in [1.165, 1.54) is 0 Å². The van der Waals surface area contributed by atoms with E-state index in [9.17, 15) is 19.5 Å². The van der Waals surface area contributed by atoms with Gasteiger partial charge in [0.25, 0.3) is 0 Å². The Morgan fingerprint density at radius 2 is 1.86 bits per heavy atom. The Hall–Kier alpha value is -3.05.